The first-order valence-corrected chi connectivity index (χ1v) is 6.57. The van der Waals surface area contributed by atoms with E-state index in [1.165, 1.54) is 5.56 Å². The Balaban J connectivity index is 2.40. The second-order valence-electron chi connectivity index (χ2n) is 4.75. The predicted octanol–water partition coefficient (Wildman–Crippen LogP) is 3.80. The van der Waals surface area contributed by atoms with E-state index >= 15 is 0 Å². The first kappa shape index (κ1) is 12.7. The zero-order chi connectivity index (χ0) is 13.1. The summed E-state index contributed by atoms with van der Waals surface area (Å²) in [4.78, 5) is 0. The van der Waals surface area contributed by atoms with E-state index < -0.39 is 0 Å². The van der Waals surface area contributed by atoms with Crippen LogP contribution in [0, 0.1) is 6.92 Å². The first-order chi connectivity index (χ1) is 8.65. The summed E-state index contributed by atoms with van der Waals surface area (Å²) in [6.07, 6.45) is 4.10. The van der Waals surface area contributed by atoms with Crippen molar-refractivity contribution in [2.24, 2.45) is 0 Å². The van der Waals surface area contributed by atoms with Gasteiger partial charge in [-0.1, -0.05) is 37.6 Å². The number of anilines is 1. The smallest absolute Gasteiger partial charge is 0.115 e. The summed E-state index contributed by atoms with van der Waals surface area (Å²) < 4.78 is 2.01. The standard InChI is InChI=1S/C15H21N3/c1-4-13(5-2)18-10-14(16)15(17-18)12-8-6-7-11(3)9-12/h6-10,13H,4-5,16H2,1-3H3. The molecule has 1 aromatic heterocycles. The lowest BCUT2D eigenvalue weighted by Crippen LogP contribution is -2.07. The highest BCUT2D eigenvalue weighted by Gasteiger charge is 2.13. The molecule has 2 aromatic rings. The number of rotatable bonds is 4. The van der Waals surface area contributed by atoms with Crippen LogP contribution in [0.3, 0.4) is 0 Å². The molecule has 0 fully saturated rings. The Labute approximate surface area is 109 Å². The van der Waals surface area contributed by atoms with Crippen LogP contribution in [0.5, 0.6) is 0 Å². The minimum absolute atomic E-state index is 0.436. The first-order valence-electron chi connectivity index (χ1n) is 6.57. The van der Waals surface area contributed by atoms with Crippen LogP contribution in [0.1, 0.15) is 38.3 Å². The fourth-order valence-electron chi connectivity index (χ4n) is 2.27. The minimum atomic E-state index is 0.436. The second-order valence-corrected chi connectivity index (χ2v) is 4.75. The van der Waals surface area contributed by atoms with Crippen molar-refractivity contribution in [2.75, 3.05) is 5.73 Å². The van der Waals surface area contributed by atoms with Gasteiger partial charge < -0.3 is 5.73 Å². The van der Waals surface area contributed by atoms with Gasteiger partial charge >= 0.3 is 0 Å². The molecule has 1 heterocycles. The fourth-order valence-corrected chi connectivity index (χ4v) is 2.27. The van der Waals surface area contributed by atoms with E-state index in [9.17, 15) is 0 Å². The SMILES string of the molecule is CCC(CC)n1cc(N)c(-c2cccc(C)c2)n1. The molecule has 0 aliphatic rings. The van der Waals surface area contributed by atoms with E-state index in [1.807, 2.05) is 16.9 Å². The zero-order valence-electron chi connectivity index (χ0n) is 11.4. The van der Waals surface area contributed by atoms with Gasteiger partial charge in [-0.25, -0.2) is 0 Å². The van der Waals surface area contributed by atoms with Crippen LogP contribution in [0.25, 0.3) is 11.3 Å². The molecule has 0 aliphatic heterocycles. The maximum atomic E-state index is 6.09. The van der Waals surface area contributed by atoms with Crippen molar-refractivity contribution in [2.45, 2.75) is 39.7 Å². The Morgan fingerprint density at radius 2 is 2.00 bits per heavy atom. The number of aromatic nitrogens is 2. The van der Waals surface area contributed by atoms with Crippen LogP contribution in [0.4, 0.5) is 5.69 Å². The van der Waals surface area contributed by atoms with E-state index in [0.717, 1.165) is 29.8 Å². The number of hydrogen-bond acceptors (Lipinski definition) is 2. The summed E-state index contributed by atoms with van der Waals surface area (Å²) in [6.45, 7) is 6.44. The minimum Gasteiger partial charge on any atom is -0.396 e. The number of hydrogen-bond donors (Lipinski definition) is 1. The largest absolute Gasteiger partial charge is 0.396 e. The van der Waals surface area contributed by atoms with Crippen molar-refractivity contribution in [3.05, 3.63) is 36.0 Å². The quantitative estimate of drug-likeness (QED) is 0.887. The van der Waals surface area contributed by atoms with Crippen molar-refractivity contribution in [3.63, 3.8) is 0 Å². The van der Waals surface area contributed by atoms with Crippen molar-refractivity contribution < 1.29 is 0 Å². The molecule has 18 heavy (non-hydrogen) atoms. The molecule has 0 spiro atoms. The van der Waals surface area contributed by atoms with Gasteiger partial charge in [-0.05, 0) is 25.8 Å². The van der Waals surface area contributed by atoms with Gasteiger partial charge in [-0.3, -0.25) is 4.68 Å². The number of nitrogen functional groups attached to an aromatic ring is 1. The molecule has 2 N–H and O–H groups in total. The highest BCUT2D eigenvalue weighted by atomic mass is 15.3. The van der Waals surface area contributed by atoms with Crippen molar-refractivity contribution in [1.29, 1.82) is 0 Å². The lowest BCUT2D eigenvalue weighted by Gasteiger charge is -2.12. The van der Waals surface area contributed by atoms with Crippen LogP contribution in [0.2, 0.25) is 0 Å². The van der Waals surface area contributed by atoms with Gasteiger partial charge in [-0.2, -0.15) is 5.10 Å². The molecule has 0 saturated carbocycles. The summed E-state index contributed by atoms with van der Waals surface area (Å²) in [5.41, 5.74) is 10.1. The molecule has 0 aliphatic carbocycles. The Morgan fingerprint density at radius 1 is 1.28 bits per heavy atom. The van der Waals surface area contributed by atoms with Crippen LogP contribution >= 0.6 is 0 Å². The summed E-state index contributed by atoms with van der Waals surface area (Å²) in [5.74, 6) is 0. The number of benzene rings is 1. The number of nitrogens with two attached hydrogens (primary N) is 1. The van der Waals surface area contributed by atoms with Gasteiger partial charge in [0.2, 0.25) is 0 Å². The highest BCUT2D eigenvalue weighted by Crippen LogP contribution is 2.27. The summed E-state index contributed by atoms with van der Waals surface area (Å²) in [6, 6.07) is 8.74. The molecule has 3 heteroatoms. The van der Waals surface area contributed by atoms with Gasteiger partial charge in [0.15, 0.2) is 0 Å². The van der Waals surface area contributed by atoms with Gasteiger partial charge in [-0.15, -0.1) is 0 Å². The molecule has 0 unspecified atom stereocenters. The van der Waals surface area contributed by atoms with Gasteiger partial charge in [0, 0.05) is 11.8 Å². The number of aryl methyl sites for hydroxylation is 1. The maximum absolute atomic E-state index is 6.09. The fraction of sp³-hybridized carbons (Fsp3) is 0.400. The molecule has 0 atom stereocenters. The molecule has 0 saturated heterocycles. The van der Waals surface area contributed by atoms with Crippen LogP contribution in [-0.4, -0.2) is 9.78 Å². The lowest BCUT2D eigenvalue weighted by atomic mass is 10.1. The highest BCUT2D eigenvalue weighted by molar-refractivity contribution is 5.72. The summed E-state index contributed by atoms with van der Waals surface area (Å²) in [7, 11) is 0. The third kappa shape index (κ3) is 2.40. The van der Waals surface area contributed by atoms with Gasteiger partial charge in [0.05, 0.1) is 11.7 Å². The molecular weight excluding hydrogens is 222 g/mol. The predicted molar refractivity (Wildman–Crippen MR) is 76.4 cm³/mol. The average Bonchev–Trinajstić information content (AvgIpc) is 2.73. The molecular formula is C15H21N3. The van der Waals surface area contributed by atoms with Gasteiger partial charge in [0.25, 0.3) is 0 Å². The molecule has 3 nitrogen and oxygen atoms in total. The Bertz CT molecular complexity index is 524. The zero-order valence-corrected chi connectivity index (χ0v) is 11.4. The summed E-state index contributed by atoms with van der Waals surface area (Å²) >= 11 is 0. The molecule has 0 amide bonds. The average molecular weight is 243 g/mol. The van der Waals surface area contributed by atoms with Crippen molar-refractivity contribution >= 4 is 5.69 Å². The van der Waals surface area contributed by atoms with Crippen molar-refractivity contribution in [1.82, 2.24) is 9.78 Å². The van der Waals surface area contributed by atoms with Crippen molar-refractivity contribution in [3.8, 4) is 11.3 Å². The Kier molecular flexibility index (Phi) is 3.70. The van der Waals surface area contributed by atoms with Crippen LogP contribution < -0.4 is 5.73 Å². The van der Waals surface area contributed by atoms with Crippen LogP contribution in [0.15, 0.2) is 30.5 Å². The molecule has 2 rings (SSSR count). The Morgan fingerprint density at radius 3 is 2.61 bits per heavy atom. The third-order valence-corrected chi connectivity index (χ3v) is 3.37. The third-order valence-electron chi connectivity index (χ3n) is 3.37. The molecule has 1 aromatic carbocycles. The maximum Gasteiger partial charge on any atom is 0.115 e. The van der Waals surface area contributed by atoms with E-state index in [1.54, 1.807) is 0 Å². The van der Waals surface area contributed by atoms with E-state index in [-0.39, 0.29) is 0 Å². The normalized spacial score (nSPS) is 11.1. The number of nitrogens with zero attached hydrogens (tertiary/aromatic N) is 2. The van der Waals surface area contributed by atoms with Gasteiger partial charge in [0.1, 0.15) is 5.69 Å². The van der Waals surface area contributed by atoms with E-state index in [0.29, 0.717) is 6.04 Å². The second kappa shape index (κ2) is 5.25. The molecule has 0 bridgehead atoms. The van der Waals surface area contributed by atoms with E-state index in [2.05, 4.69) is 44.1 Å². The summed E-state index contributed by atoms with van der Waals surface area (Å²) in [5, 5.41) is 4.65. The Hall–Kier alpha value is -1.77. The molecule has 96 valence electrons. The van der Waals surface area contributed by atoms with E-state index in [4.69, 9.17) is 5.73 Å². The van der Waals surface area contributed by atoms with Crippen LogP contribution in [-0.2, 0) is 0 Å². The molecule has 0 radical (unpaired) electrons. The lowest BCUT2D eigenvalue weighted by molar-refractivity contribution is 0.429. The monoisotopic (exact) mass is 243 g/mol. The topological polar surface area (TPSA) is 43.8 Å².